The van der Waals surface area contributed by atoms with E-state index in [1.165, 1.54) is 12.1 Å². The molecule has 4 nitrogen and oxygen atoms in total. The molecule has 0 aliphatic rings. The summed E-state index contributed by atoms with van der Waals surface area (Å²) in [6.07, 6.45) is 0. The average Bonchev–Trinajstić information content (AvgIpc) is 2.43. The molecule has 0 aliphatic carbocycles. The van der Waals surface area contributed by atoms with E-state index < -0.39 is 10.7 Å². The zero-order valence-corrected chi connectivity index (χ0v) is 13.7. The van der Waals surface area contributed by atoms with Crippen molar-refractivity contribution in [1.82, 2.24) is 0 Å². The zero-order valence-electron chi connectivity index (χ0n) is 11.6. The van der Waals surface area contributed by atoms with Crippen LogP contribution in [0.15, 0.2) is 36.4 Å². The van der Waals surface area contributed by atoms with E-state index >= 15 is 0 Å². The molecule has 2 aromatic carbocycles. The van der Waals surface area contributed by atoms with Gasteiger partial charge in [0, 0.05) is 18.2 Å². The van der Waals surface area contributed by atoms with Gasteiger partial charge in [-0.15, -0.1) is 0 Å². The summed E-state index contributed by atoms with van der Waals surface area (Å²) >= 11 is 1.74. The van der Waals surface area contributed by atoms with Gasteiger partial charge in [0.1, 0.15) is 11.5 Å². The summed E-state index contributed by atoms with van der Waals surface area (Å²) in [5.41, 5.74) is 2.18. The normalized spacial score (nSPS) is 12.0. The first-order valence-corrected chi connectivity index (χ1v) is 7.43. The minimum Gasteiger partial charge on any atom is -0.373 e. The Kier molecular flexibility index (Phi) is 4.76. The van der Waals surface area contributed by atoms with Crippen molar-refractivity contribution in [1.29, 1.82) is 0 Å². The summed E-state index contributed by atoms with van der Waals surface area (Å²) < 4.78 is 13.9. The highest BCUT2D eigenvalue weighted by molar-refractivity contribution is 14.1. The number of nitro groups is 1. The van der Waals surface area contributed by atoms with Crippen LogP contribution in [0, 0.1) is 26.4 Å². The summed E-state index contributed by atoms with van der Waals surface area (Å²) in [6.45, 7) is 3.87. The highest BCUT2D eigenvalue weighted by atomic mass is 127. The number of benzene rings is 2. The number of aryl methyl sites for hydroxylation is 1. The Morgan fingerprint density at radius 2 is 1.90 bits per heavy atom. The number of halogens is 2. The second kappa shape index (κ2) is 6.38. The van der Waals surface area contributed by atoms with Crippen molar-refractivity contribution in [3.05, 3.63) is 67.0 Å². The molecule has 0 saturated heterocycles. The Labute approximate surface area is 135 Å². The fraction of sp³-hybridized carbons (Fsp3) is 0.200. The molecule has 0 heterocycles. The van der Waals surface area contributed by atoms with Gasteiger partial charge in [-0.2, -0.15) is 0 Å². The van der Waals surface area contributed by atoms with Crippen LogP contribution in [0.3, 0.4) is 0 Å². The quantitative estimate of drug-likeness (QED) is 0.455. The van der Waals surface area contributed by atoms with Crippen LogP contribution in [0.2, 0.25) is 0 Å². The molecule has 0 aromatic heterocycles. The van der Waals surface area contributed by atoms with Crippen LogP contribution in [-0.4, -0.2) is 4.92 Å². The van der Waals surface area contributed by atoms with Crippen molar-refractivity contribution >= 4 is 34.0 Å². The molecule has 2 rings (SSSR count). The molecule has 0 bridgehead atoms. The van der Waals surface area contributed by atoms with Crippen molar-refractivity contribution in [2.45, 2.75) is 19.9 Å². The Morgan fingerprint density at radius 3 is 2.48 bits per heavy atom. The fourth-order valence-corrected chi connectivity index (χ4v) is 2.43. The number of nitro benzene ring substituents is 1. The third-order valence-electron chi connectivity index (χ3n) is 3.18. The van der Waals surface area contributed by atoms with Crippen LogP contribution in [-0.2, 0) is 0 Å². The van der Waals surface area contributed by atoms with Crippen molar-refractivity contribution in [3.63, 3.8) is 0 Å². The molecule has 0 amide bonds. The van der Waals surface area contributed by atoms with Gasteiger partial charge in [-0.1, -0.05) is 29.8 Å². The van der Waals surface area contributed by atoms with Crippen LogP contribution in [0.25, 0.3) is 0 Å². The predicted molar refractivity (Wildman–Crippen MR) is 89.0 cm³/mol. The minimum absolute atomic E-state index is 0.125. The molecule has 0 saturated carbocycles. The zero-order chi connectivity index (χ0) is 15.6. The first kappa shape index (κ1) is 15.7. The molecule has 1 N–H and O–H groups in total. The van der Waals surface area contributed by atoms with E-state index in [4.69, 9.17) is 0 Å². The van der Waals surface area contributed by atoms with Crippen molar-refractivity contribution in [3.8, 4) is 0 Å². The van der Waals surface area contributed by atoms with E-state index in [1.807, 2.05) is 38.1 Å². The summed E-state index contributed by atoms with van der Waals surface area (Å²) in [6, 6.07) is 10.1. The van der Waals surface area contributed by atoms with E-state index in [0.29, 0.717) is 0 Å². The van der Waals surface area contributed by atoms with E-state index in [2.05, 4.69) is 5.32 Å². The summed E-state index contributed by atoms with van der Waals surface area (Å²) in [7, 11) is 0. The first-order chi connectivity index (χ1) is 9.88. The summed E-state index contributed by atoms with van der Waals surface area (Å²) in [5, 5.41) is 14.1. The molecule has 0 aliphatic heterocycles. The van der Waals surface area contributed by atoms with E-state index in [9.17, 15) is 14.5 Å². The van der Waals surface area contributed by atoms with Gasteiger partial charge in [0.25, 0.3) is 5.69 Å². The highest BCUT2D eigenvalue weighted by Gasteiger charge is 2.19. The number of nitrogens with one attached hydrogen (secondary N) is 1. The van der Waals surface area contributed by atoms with E-state index in [1.54, 1.807) is 22.6 Å². The summed E-state index contributed by atoms with van der Waals surface area (Å²) in [5.74, 6) is -0.472. The van der Waals surface area contributed by atoms with Crippen molar-refractivity contribution < 1.29 is 9.31 Å². The standard InChI is InChI=1S/C15H14FIN2O2/c1-9-3-5-11(6-4-9)10(2)18-14-7-12(16)13(17)8-15(14)19(20)21/h3-8,10,18H,1-2H3. The average molecular weight is 400 g/mol. The lowest BCUT2D eigenvalue weighted by atomic mass is 10.1. The van der Waals surface area contributed by atoms with Gasteiger partial charge in [0.2, 0.25) is 0 Å². The van der Waals surface area contributed by atoms with Crippen LogP contribution in [0.4, 0.5) is 15.8 Å². The van der Waals surface area contributed by atoms with E-state index in [-0.39, 0.29) is 21.0 Å². The van der Waals surface area contributed by atoms with Gasteiger partial charge >= 0.3 is 0 Å². The van der Waals surface area contributed by atoms with Crippen LogP contribution in [0.1, 0.15) is 24.1 Å². The smallest absolute Gasteiger partial charge is 0.293 e. The van der Waals surface area contributed by atoms with Crippen LogP contribution >= 0.6 is 22.6 Å². The van der Waals surface area contributed by atoms with E-state index in [0.717, 1.165) is 11.1 Å². The Balaban J connectivity index is 2.32. The molecular formula is C15H14FIN2O2. The van der Waals surface area contributed by atoms with Gasteiger partial charge in [-0.3, -0.25) is 10.1 Å². The maximum Gasteiger partial charge on any atom is 0.293 e. The molecule has 0 fully saturated rings. The molecule has 0 radical (unpaired) electrons. The maximum absolute atomic E-state index is 13.7. The molecule has 0 spiro atoms. The lowest BCUT2D eigenvalue weighted by molar-refractivity contribution is -0.384. The topological polar surface area (TPSA) is 55.2 Å². The molecule has 110 valence electrons. The van der Waals surface area contributed by atoms with Gasteiger partial charge in [-0.05, 0) is 42.0 Å². The Morgan fingerprint density at radius 1 is 1.29 bits per heavy atom. The van der Waals surface area contributed by atoms with Gasteiger partial charge in [0.15, 0.2) is 0 Å². The Bertz CT molecular complexity index is 674. The first-order valence-electron chi connectivity index (χ1n) is 6.35. The van der Waals surface area contributed by atoms with Gasteiger partial charge in [0.05, 0.1) is 8.49 Å². The lowest BCUT2D eigenvalue weighted by Gasteiger charge is -2.16. The monoisotopic (exact) mass is 400 g/mol. The van der Waals surface area contributed by atoms with Crippen molar-refractivity contribution in [2.24, 2.45) is 0 Å². The lowest BCUT2D eigenvalue weighted by Crippen LogP contribution is -2.09. The SMILES string of the molecule is Cc1ccc(C(C)Nc2cc(F)c(I)cc2[N+](=O)[O-])cc1. The molecular weight excluding hydrogens is 386 g/mol. The fourth-order valence-electron chi connectivity index (χ4n) is 1.97. The predicted octanol–water partition coefficient (Wildman–Crippen LogP) is 4.82. The third-order valence-corrected chi connectivity index (χ3v) is 4.01. The van der Waals surface area contributed by atoms with Gasteiger partial charge < -0.3 is 5.32 Å². The molecule has 6 heteroatoms. The largest absolute Gasteiger partial charge is 0.373 e. The molecule has 1 atom stereocenters. The maximum atomic E-state index is 13.7. The third kappa shape index (κ3) is 3.69. The number of hydrogen-bond acceptors (Lipinski definition) is 3. The second-order valence-electron chi connectivity index (χ2n) is 4.82. The summed E-state index contributed by atoms with van der Waals surface area (Å²) in [4.78, 5) is 10.6. The molecule has 1 unspecified atom stereocenters. The minimum atomic E-state index is -0.508. The second-order valence-corrected chi connectivity index (χ2v) is 5.98. The Hall–Kier alpha value is -1.70. The number of nitrogens with zero attached hydrogens (tertiary/aromatic N) is 1. The number of anilines is 1. The molecule has 21 heavy (non-hydrogen) atoms. The van der Waals surface area contributed by atoms with Crippen LogP contribution < -0.4 is 5.32 Å². The highest BCUT2D eigenvalue weighted by Crippen LogP contribution is 2.31. The van der Waals surface area contributed by atoms with Gasteiger partial charge in [-0.25, -0.2) is 4.39 Å². The molecule has 2 aromatic rings. The van der Waals surface area contributed by atoms with Crippen LogP contribution in [0.5, 0.6) is 0 Å². The number of rotatable bonds is 4. The van der Waals surface area contributed by atoms with Crippen molar-refractivity contribution in [2.75, 3.05) is 5.32 Å². The number of hydrogen-bond donors (Lipinski definition) is 1.